The monoisotopic (exact) mass is 559 g/mol. The number of carbonyl (C=O) groups excluding carboxylic acids is 2. The van der Waals surface area contributed by atoms with E-state index in [1.54, 1.807) is 24.3 Å². The molecule has 0 aliphatic rings. The van der Waals surface area contributed by atoms with Crippen molar-refractivity contribution in [2.75, 3.05) is 11.9 Å². The van der Waals surface area contributed by atoms with E-state index in [4.69, 9.17) is 21.6 Å². The number of nitrogens with one attached hydrogen (secondary N) is 2. The third-order valence-electron chi connectivity index (χ3n) is 6.85. The van der Waals surface area contributed by atoms with Gasteiger partial charge in [-0.2, -0.15) is 0 Å². The topological polar surface area (TPSA) is 88.9 Å². The smallest absolute Gasteiger partial charge is 0.258 e. The van der Waals surface area contributed by atoms with Crippen molar-refractivity contribution in [3.63, 3.8) is 0 Å². The minimum atomic E-state index is -0.435. The molecule has 8 heteroatoms. The summed E-state index contributed by atoms with van der Waals surface area (Å²) >= 11 is 6.36. The summed E-state index contributed by atoms with van der Waals surface area (Å²) in [5.74, 6) is -0.478. The highest BCUT2D eigenvalue weighted by Crippen LogP contribution is 2.32. The fourth-order valence-electron chi connectivity index (χ4n) is 4.84. The summed E-state index contributed by atoms with van der Waals surface area (Å²) < 4.78 is 1.84. The zero-order valence-electron chi connectivity index (χ0n) is 22.0. The normalized spacial score (nSPS) is 11.0. The van der Waals surface area contributed by atoms with Crippen molar-refractivity contribution < 1.29 is 9.59 Å². The largest absolute Gasteiger partial charge is 0.352 e. The number of amides is 2. The second kappa shape index (κ2) is 11.6. The van der Waals surface area contributed by atoms with Crippen LogP contribution in [0.3, 0.4) is 0 Å². The Morgan fingerprint density at radius 1 is 0.707 bits per heavy atom. The lowest BCUT2D eigenvalue weighted by Crippen LogP contribution is -2.27. The fraction of sp³-hybridized carbons (Fsp3) is 0.0909. The van der Waals surface area contributed by atoms with E-state index in [1.807, 2.05) is 89.5 Å². The Labute approximate surface area is 241 Å². The lowest BCUT2D eigenvalue weighted by molar-refractivity contribution is 0.0956. The Morgan fingerprint density at radius 3 is 2.02 bits per heavy atom. The molecule has 6 rings (SSSR count). The molecule has 7 nitrogen and oxygen atoms in total. The van der Waals surface area contributed by atoms with Crippen LogP contribution in [0, 0.1) is 0 Å². The number of fused-ring (bicyclic) bond motifs is 2. The van der Waals surface area contributed by atoms with Crippen LogP contribution in [-0.4, -0.2) is 32.9 Å². The van der Waals surface area contributed by atoms with Crippen LogP contribution in [0.25, 0.3) is 22.2 Å². The summed E-state index contributed by atoms with van der Waals surface area (Å²) in [7, 11) is 0. The fourth-order valence-corrected chi connectivity index (χ4v) is 5.06. The molecule has 0 aliphatic carbocycles. The molecule has 0 bridgehead atoms. The minimum absolute atomic E-state index is 0.252. The third-order valence-corrected chi connectivity index (χ3v) is 7.18. The van der Waals surface area contributed by atoms with Gasteiger partial charge in [-0.1, -0.05) is 96.5 Å². The quantitative estimate of drug-likeness (QED) is 0.222. The van der Waals surface area contributed by atoms with E-state index in [0.29, 0.717) is 58.1 Å². The predicted molar refractivity (Wildman–Crippen MR) is 162 cm³/mol. The van der Waals surface area contributed by atoms with Crippen molar-refractivity contribution in [3.05, 3.63) is 136 Å². The maximum atomic E-state index is 13.9. The number of nitrogens with zero attached hydrogens (tertiary/aromatic N) is 3. The van der Waals surface area contributed by atoms with Crippen LogP contribution in [0.4, 0.5) is 5.82 Å². The minimum Gasteiger partial charge on any atom is -0.352 e. The van der Waals surface area contributed by atoms with Gasteiger partial charge in [0.2, 0.25) is 0 Å². The van der Waals surface area contributed by atoms with Gasteiger partial charge in [0.25, 0.3) is 11.8 Å². The molecular weight excluding hydrogens is 534 g/mol. The number of aromatic nitrogens is 3. The first-order chi connectivity index (χ1) is 20.1. The SMILES string of the molecule is O=C(Nc1c(C(=O)NCCc2ccccc2)c2nc3ccccc3nc2n1Cc1ccccc1)c1ccccc1Cl. The van der Waals surface area contributed by atoms with Gasteiger partial charge in [0.1, 0.15) is 16.9 Å². The van der Waals surface area contributed by atoms with Crippen molar-refractivity contribution in [1.29, 1.82) is 0 Å². The maximum Gasteiger partial charge on any atom is 0.258 e. The molecule has 4 aromatic carbocycles. The number of halogens is 1. The van der Waals surface area contributed by atoms with E-state index in [1.165, 1.54) is 0 Å². The van der Waals surface area contributed by atoms with E-state index >= 15 is 0 Å². The molecule has 0 unspecified atom stereocenters. The van der Waals surface area contributed by atoms with Crippen molar-refractivity contribution >= 4 is 51.4 Å². The van der Waals surface area contributed by atoms with E-state index < -0.39 is 5.91 Å². The standard InChI is InChI=1S/C33H26ClN5O2/c34-25-16-8-7-15-24(25)32(40)38-30-28(33(41)35-20-19-22-11-3-1-4-12-22)29-31(37-27-18-10-9-17-26(27)36-29)39(30)21-23-13-5-2-6-14-23/h1-18H,19-21H2,(H,35,41)(H,38,40). The average molecular weight is 560 g/mol. The first-order valence-electron chi connectivity index (χ1n) is 13.3. The van der Waals surface area contributed by atoms with Gasteiger partial charge in [-0.05, 0) is 41.8 Å². The van der Waals surface area contributed by atoms with Crippen LogP contribution >= 0.6 is 11.6 Å². The summed E-state index contributed by atoms with van der Waals surface area (Å²) in [6.45, 7) is 0.771. The number of hydrogen-bond acceptors (Lipinski definition) is 4. The van der Waals surface area contributed by atoms with Crippen molar-refractivity contribution in [3.8, 4) is 0 Å². The van der Waals surface area contributed by atoms with E-state index in [0.717, 1.165) is 11.1 Å². The lowest BCUT2D eigenvalue weighted by atomic mass is 10.1. The second-order valence-corrected chi connectivity index (χ2v) is 10.0. The van der Waals surface area contributed by atoms with E-state index in [-0.39, 0.29) is 11.5 Å². The highest BCUT2D eigenvalue weighted by Gasteiger charge is 2.27. The average Bonchev–Trinajstić information content (AvgIpc) is 3.28. The molecular formula is C33H26ClN5O2. The van der Waals surface area contributed by atoms with Crippen LogP contribution in [0.5, 0.6) is 0 Å². The Kier molecular flexibility index (Phi) is 7.43. The highest BCUT2D eigenvalue weighted by atomic mass is 35.5. The Balaban J connectivity index is 1.49. The summed E-state index contributed by atoms with van der Waals surface area (Å²) in [6.07, 6.45) is 0.658. The first kappa shape index (κ1) is 26.2. The van der Waals surface area contributed by atoms with E-state index in [9.17, 15) is 9.59 Å². The van der Waals surface area contributed by atoms with Crippen molar-refractivity contribution in [1.82, 2.24) is 19.9 Å². The van der Waals surface area contributed by atoms with Crippen molar-refractivity contribution in [2.24, 2.45) is 0 Å². The van der Waals surface area contributed by atoms with Crippen LogP contribution < -0.4 is 10.6 Å². The molecule has 2 amide bonds. The number of hydrogen-bond donors (Lipinski definition) is 2. The molecule has 0 aliphatic heterocycles. The zero-order chi connectivity index (χ0) is 28.2. The molecule has 2 heterocycles. The summed E-state index contributed by atoms with van der Waals surface area (Å²) in [5.41, 5.74) is 4.88. The van der Waals surface area contributed by atoms with Gasteiger partial charge in [0.15, 0.2) is 5.65 Å². The van der Waals surface area contributed by atoms with Gasteiger partial charge in [-0.25, -0.2) is 9.97 Å². The molecule has 0 radical (unpaired) electrons. The zero-order valence-corrected chi connectivity index (χ0v) is 22.8. The lowest BCUT2D eigenvalue weighted by Gasteiger charge is -2.14. The molecule has 0 atom stereocenters. The van der Waals surface area contributed by atoms with Gasteiger partial charge in [-0.15, -0.1) is 0 Å². The molecule has 0 saturated heterocycles. The van der Waals surface area contributed by atoms with E-state index in [2.05, 4.69) is 10.6 Å². The molecule has 41 heavy (non-hydrogen) atoms. The van der Waals surface area contributed by atoms with Gasteiger partial charge >= 0.3 is 0 Å². The summed E-state index contributed by atoms with van der Waals surface area (Å²) in [5, 5.41) is 6.33. The summed E-state index contributed by atoms with van der Waals surface area (Å²) in [4.78, 5) is 37.2. The first-order valence-corrected chi connectivity index (χ1v) is 13.7. The number of anilines is 1. The molecule has 6 aromatic rings. The molecule has 0 spiro atoms. The van der Waals surface area contributed by atoms with Crippen LogP contribution in [-0.2, 0) is 13.0 Å². The number of benzene rings is 4. The number of rotatable bonds is 8. The van der Waals surface area contributed by atoms with Crippen molar-refractivity contribution in [2.45, 2.75) is 13.0 Å². The van der Waals surface area contributed by atoms with Crippen LogP contribution in [0.15, 0.2) is 109 Å². The van der Waals surface area contributed by atoms with Gasteiger partial charge in [0.05, 0.1) is 28.2 Å². The Hall–Kier alpha value is -5.01. The second-order valence-electron chi connectivity index (χ2n) is 9.61. The Bertz CT molecular complexity index is 1870. The molecule has 2 N–H and O–H groups in total. The van der Waals surface area contributed by atoms with Crippen LogP contribution in [0.1, 0.15) is 31.8 Å². The molecule has 2 aromatic heterocycles. The van der Waals surface area contributed by atoms with Gasteiger partial charge < -0.3 is 15.2 Å². The maximum absolute atomic E-state index is 13.9. The van der Waals surface area contributed by atoms with Gasteiger partial charge in [0, 0.05) is 6.54 Å². The van der Waals surface area contributed by atoms with Crippen LogP contribution in [0.2, 0.25) is 5.02 Å². The Morgan fingerprint density at radius 2 is 1.32 bits per heavy atom. The summed E-state index contributed by atoms with van der Waals surface area (Å²) in [6, 6.07) is 34.1. The molecule has 0 saturated carbocycles. The highest BCUT2D eigenvalue weighted by molar-refractivity contribution is 6.34. The third kappa shape index (κ3) is 5.53. The number of carbonyl (C=O) groups is 2. The predicted octanol–water partition coefficient (Wildman–Crippen LogP) is 6.51. The van der Waals surface area contributed by atoms with Gasteiger partial charge in [-0.3, -0.25) is 9.59 Å². The molecule has 0 fully saturated rings. The molecule has 202 valence electrons. The number of para-hydroxylation sites is 2.